The predicted molar refractivity (Wildman–Crippen MR) is 71.7 cm³/mol. The summed E-state index contributed by atoms with van der Waals surface area (Å²) in [6.07, 6.45) is 2.02. The summed E-state index contributed by atoms with van der Waals surface area (Å²) in [5.74, 6) is -1.41. The minimum Gasteiger partial charge on any atom is -0.481 e. The summed E-state index contributed by atoms with van der Waals surface area (Å²) in [6, 6.07) is 6.88. The first-order valence-corrected chi connectivity index (χ1v) is 8.00. The molecule has 1 aromatic carbocycles. The van der Waals surface area contributed by atoms with Crippen molar-refractivity contribution < 1.29 is 18.3 Å². The molecule has 0 aromatic heterocycles. The molecular formula is C14H18O4S. The first-order chi connectivity index (χ1) is 8.93. The van der Waals surface area contributed by atoms with E-state index in [1.165, 1.54) is 0 Å². The molecule has 1 saturated carbocycles. The molecule has 2 unspecified atom stereocenters. The fourth-order valence-electron chi connectivity index (χ4n) is 2.71. The van der Waals surface area contributed by atoms with Gasteiger partial charge in [-0.3, -0.25) is 4.79 Å². The minimum atomic E-state index is -3.42. The fourth-order valence-corrected chi connectivity index (χ4v) is 4.81. The number of carbonyl (C=O) groups is 1. The Morgan fingerprint density at radius 3 is 2.58 bits per heavy atom. The Hall–Kier alpha value is -1.36. The number of sulfone groups is 1. The van der Waals surface area contributed by atoms with Crippen molar-refractivity contribution in [2.75, 3.05) is 0 Å². The third-order valence-electron chi connectivity index (χ3n) is 3.81. The van der Waals surface area contributed by atoms with Gasteiger partial charge in [-0.2, -0.15) is 0 Å². The van der Waals surface area contributed by atoms with Gasteiger partial charge in [0.1, 0.15) is 0 Å². The Labute approximate surface area is 113 Å². The second-order valence-corrected chi connectivity index (χ2v) is 7.33. The van der Waals surface area contributed by atoms with Crippen LogP contribution in [0.2, 0.25) is 0 Å². The van der Waals surface area contributed by atoms with Gasteiger partial charge in [0.05, 0.1) is 16.1 Å². The third-order valence-corrected chi connectivity index (χ3v) is 6.19. The maximum absolute atomic E-state index is 12.6. The van der Waals surface area contributed by atoms with Gasteiger partial charge in [-0.25, -0.2) is 8.42 Å². The van der Waals surface area contributed by atoms with Crippen molar-refractivity contribution in [3.63, 3.8) is 0 Å². The van der Waals surface area contributed by atoms with E-state index in [9.17, 15) is 13.2 Å². The number of aliphatic carboxylic acids is 1. The predicted octanol–water partition coefficient (Wildman–Crippen LogP) is 2.41. The topological polar surface area (TPSA) is 71.4 Å². The Kier molecular flexibility index (Phi) is 3.94. The Bertz CT molecular complexity index is 577. The van der Waals surface area contributed by atoms with E-state index in [1.807, 2.05) is 0 Å². The van der Waals surface area contributed by atoms with Crippen molar-refractivity contribution in [1.29, 1.82) is 0 Å². The summed E-state index contributed by atoms with van der Waals surface area (Å²) in [7, 11) is -3.42. The summed E-state index contributed by atoms with van der Waals surface area (Å²) in [4.78, 5) is 11.4. The Balaban J connectivity index is 2.30. The van der Waals surface area contributed by atoms with Crippen molar-refractivity contribution in [1.82, 2.24) is 0 Å². The molecule has 1 aliphatic carbocycles. The first-order valence-electron chi connectivity index (χ1n) is 6.45. The summed E-state index contributed by atoms with van der Waals surface area (Å²) in [5, 5.41) is 8.49. The van der Waals surface area contributed by atoms with Crippen LogP contribution in [0.15, 0.2) is 29.2 Å². The highest BCUT2D eigenvalue weighted by Crippen LogP contribution is 2.33. The molecule has 0 heterocycles. The number of aryl methyl sites for hydroxylation is 1. The van der Waals surface area contributed by atoms with Crippen LogP contribution < -0.4 is 0 Å². The average Bonchev–Trinajstić information content (AvgIpc) is 2.39. The molecule has 4 nitrogen and oxygen atoms in total. The number of hydrogen-bond acceptors (Lipinski definition) is 3. The van der Waals surface area contributed by atoms with Gasteiger partial charge < -0.3 is 5.11 Å². The SMILES string of the molecule is Cc1ccccc1S(=O)(=O)C1CCCC(C(=O)O)C1. The number of benzene rings is 1. The largest absolute Gasteiger partial charge is 0.481 e. The zero-order valence-corrected chi connectivity index (χ0v) is 11.7. The van der Waals surface area contributed by atoms with E-state index in [1.54, 1.807) is 31.2 Å². The quantitative estimate of drug-likeness (QED) is 0.924. The van der Waals surface area contributed by atoms with Crippen LogP contribution in [0.25, 0.3) is 0 Å². The van der Waals surface area contributed by atoms with Gasteiger partial charge in [0.25, 0.3) is 0 Å². The van der Waals surface area contributed by atoms with Gasteiger partial charge in [0, 0.05) is 0 Å². The van der Waals surface area contributed by atoms with Gasteiger partial charge in [-0.05, 0) is 37.8 Å². The van der Waals surface area contributed by atoms with Gasteiger partial charge in [0.2, 0.25) is 0 Å². The van der Waals surface area contributed by atoms with E-state index in [-0.39, 0.29) is 6.42 Å². The van der Waals surface area contributed by atoms with Crippen molar-refractivity contribution in [2.45, 2.75) is 42.8 Å². The van der Waals surface area contributed by atoms with E-state index in [0.29, 0.717) is 24.2 Å². The summed E-state index contributed by atoms with van der Waals surface area (Å²) < 4.78 is 25.2. The highest BCUT2D eigenvalue weighted by atomic mass is 32.2. The van der Waals surface area contributed by atoms with Gasteiger partial charge in [-0.15, -0.1) is 0 Å². The van der Waals surface area contributed by atoms with Gasteiger partial charge in [0.15, 0.2) is 9.84 Å². The van der Waals surface area contributed by atoms with Crippen LogP contribution in [0.3, 0.4) is 0 Å². The minimum absolute atomic E-state index is 0.228. The average molecular weight is 282 g/mol. The lowest BCUT2D eigenvalue weighted by atomic mass is 9.89. The molecule has 1 fully saturated rings. The molecule has 0 saturated heterocycles. The molecular weight excluding hydrogens is 264 g/mol. The normalized spacial score (nSPS) is 24.1. The molecule has 0 bridgehead atoms. The van der Waals surface area contributed by atoms with Crippen molar-refractivity contribution in [3.05, 3.63) is 29.8 Å². The maximum atomic E-state index is 12.6. The van der Waals surface area contributed by atoms with Crippen molar-refractivity contribution in [3.8, 4) is 0 Å². The summed E-state index contributed by atoms with van der Waals surface area (Å²) in [5.41, 5.74) is 0.722. The number of carboxylic acid groups (broad SMARTS) is 1. The number of rotatable bonds is 3. The number of hydrogen-bond donors (Lipinski definition) is 1. The maximum Gasteiger partial charge on any atom is 0.306 e. The smallest absolute Gasteiger partial charge is 0.306 e. The second kappa shape index (κ2) is 5.33. The van der Waals surface area contributed by atoms with E-state index in [2.05, 4.69) is 0 Å². The van der Waals surface area contributed by atoms with Crippen LogP contribution in [0, 0.1) is 12.8 Å². The molecule has 1 aliphatic rings. The number of carboxylic acids is 1. The zero-order valence-electron chi connectivity index (χ0n) is 10.9. The van der Waals surface area contributed by atoms with Crippen LogP contribution in [0.1, 0.15) is 31.2 Å². The molecule has 5 heteroatoms. The van der Waals surface area contributed by atoms with E-state index < -0.39 is 27.0 Å². The van der Waals surface area contributed by atoms with Gasteiger partial charge in [-0.1, -0.05) is 24.6 Å². The molecule has 0 amide bonds. The van der Waals surface area contributed by atoms with Gasteiger partial charge >= 0.3 is 5.97 Å². The summed E-state index contributed by atoms with van der Waals surface area (Å²) in [6.45, 7) is 1.77. The standard InChI is InChI=1S/C14H18O4S/c1-10-5-2-3-8-13(10)19(17,18)12-7-4-6-11(9-12)14(15)16/h2-3,5,8,11-12H,4,6-7,9H2,1H3,(H,15,16). The zero-order chi connectivity index (χ0) is 14.0. The lowest BCUT2D eigenvalue weighted by molar-refractivity contribution is -0.142. The Morgan fingerprint density at radius 2 is 1.95 bits per heavy atom. The Morgan fingerprint density at radius 1 is 1.26 bits per heavy atom. The molecule has 0 spiro atoms. The molecule has 2 atom stereocenters. The van der Waals surface area contributed by atoms with Crippen LogP contribution in [0.5, 0.6) is 0 Å². The van der Waals surface area contributed by atoms with Crippen molar-refractivity contribution in [2.24, 2.45) is 5.92 Å². The molecule has 2 rings (SSSR count). The monoisotopic (exact) mass is 282 g/mol. The molecule has 104 valence electrons. The van der Waals surface area contributed by atoms with Crippen LogP contribution >= 0.6 is 0 Å². The van der Waals surface area contributed by atoms with E-state index >= 15 is 0 Å². The lowest BCUT2D eigenvalue weighted by Gasteiger charge is -2.26. The molecule has 1 aromatic rings. The van der Waals surface area contributed by atoms with Crippen LogP contribution in [0.4, 0.5) is 0 Å². The highest BCUT2D eigenvalue weighted by Gasteiger charge is 2.36. The second-order valence-electron chi connectivity index (χ2n) is 5.13. The molecule has 0 radical (unpaired) electrons. The molecule has 19 heavy (non-hydrogen) atoms. The van der Waals surface area contributed by atoms with E-state index in [4.69, 9.17) is 5.11 Å². The molecule has 1 N–H and O–H groups in total. The van der Waals surface area contributed by atoms with Crippen LogP contribution in [-0.2, 0) is 14.6 Å². The highest BCUT2D eigenvalue weighted by molar-refractivity contribution is 7.92. The van der Waals surface area contributed by atoms with Crippen LogP contribution in [-0.4, -0.2) is 24.7 Å². The fraction of sp³-hybridized carbons (Fsp3) is 0.500. The van der Waals surface area contributed by atoms with Crippen molar-refractivity contribution >= 4 is 15.8 Å². The third kappa shape index (κ3) is 2.81. The lowest BCUT2D eigenvalue weighted by Crippen LogP contribution is -2.31. The van der Waals surface area contributed by atoms with E-state index in [0.717, 1.165) is 5.56 Å². The summed E-state index contributed by atoms with van der Waals surface area (Å²) >= 11 is 0. The molecule has 0 aliphatic heterocycles. The first kappa shape index (κ1) is 14.1.